The lowest BCUT2D eigenvalue weighted by Crippen LogP contribution is -2.33. The Kier molecular flexibility index (Phi) is 2.86. The molecule has 0 saturated carbocycles. The maximum Gasteiger partial charge on any atom is 0.132 e. The Morgan fingerprint density at radius 2 is 2.27 bits per heavy atom. The van der Waals surface area contributed by atoms with E-state index in [1.54, 1.807) is 0 Å². The first-order valence-electron chi connectivity index (χ1n) is 5.40. The average Bonchev–Trinajstić information content (AvgIpc) is 2.63. The fraction of sp³-hybridized carbons (Fsp3) is 0.636. The van der Waals surface area contributed by atoms with Gasteiger partial charge in [0.15, 0.2) is 0 Å². The van der Waals surface area contributed by atoms with Gasteiger partial charge in [0, 0.05) is 18.3 Å². The van der Waals surface area contributed by atoms with Crippen molar-refractivity contribution in [2.24, 2.45) is 0 Å². The zero-order valence-corrected chi connectivity index (χ0v) is 9.27. The fourth-order valence-corrected chi connectivity index (χ4v) is 2.17. The van der Waals surface area contributed by atoms with Gasteiger partial charge in [-0.1, -0.05) is 0 Å². The predicted octanol–water partition coefficient (Wildman–Crippen LogP) is 1.05. The molecule has 2 rings (SSSR count). The molecule has 0 spiro atoms. The van der Waals surface area contributed by atoms with Crippen molar-refractivity contribution in [3.8, 4) is 0 Å². The van der Waals surface area contributed by atoms with Crippen LogP contribution in [0, 0.1) is 13.8 Å². The quantitative estimate of drug-likeness (QED) is 0.787. The van der Waals surface area contributed by atoms with Crippen LogP contribution in [-0.4, -0.2) is 34.3 Å². The lowest BCUT2D eigenvalue weighted by Gasteiger charge is -2.24. The van der Waals surface area contributed by atoms with Crippen LogP contribution in [-0.2, 0) is 0 Å². The van der Waals surface area contributed by atoms with Crippen LogP contribution < -0.4 is 4.90 Å². The second-order valence-corrected chi connectivity index (χ2v) is 4.09. The molecular formula is C11H17N3O. The number of nitrogens with zero attached hydrogens (tertiary/aromatic N) is 3. The first-order valence-corrected chi connectivity index (χ1v) is 5.40. The van der Waals surface area contributed by atoms with Gasteiger partial charge in [-0.15, -0.1) is 0 Å². The number of aliphatic hydroxyl groups is 1. The number of hydrogen-bond acceptors (Lipinski definition) is 4. The topological polar surface area (TPSA) is 49.2 Å². The molecule has 0 aliphatic carbocycles. The van der Waals surface area contributed by atoms with E-state index in [-0.39, 0.29) is 12.6 Å². The summed E-state index contributed by atoms with van der Waals surface area (Å²) in [6.45, 7) is 5.08. The van der Waals surface area contributed by atoms with Crippen molar-refractivity contribution in [2.45, 2.75) is 32.7 Å². The molecule has 4 heteroatoms. The van der Waals surface area contributed by atoms with E-state index in [2.05, 4.69) is 14.9 Å². The highest BCUT2D eigenvalue weighted by Crippen LogP contribution is 2.23. The first kappa shape index (κ1) is 10.4. The van der Waals surface area contributed by atoms with Gasteiger partial charge < -0.3 is 10.0 Å². The lowest BCUT2D eigenvalue weighted by atomic mass is 10.2. The molecule has 15 heavy (non-hydrogen) atoms. The van der Waals surface area contributed by atoms with E-state index in [0.29, 0.717) is 0 Å². The Morgan fingerprint density at radius 1 is 1.47 bits per heavy atom. The second kappa shape index (κ2) is 4.14. The van der Waals surface area contributed by atoms with E-state index in [1.807, 2.05) is 19.9 Å². The van der Waals surface area contributed by atoms with Crippen LogP contribution in [0.1, 0.15) is 24.4 Å². The zero-order valence-electron chi connectivity index (χ0n) is 9.27. The Hall–Kier alpha value is -1.16. The third kappa shape index (κ3) is 2.09. The molecule has 2 heterocycles. The third-order valence-corrected chi connectivity index (χ3v) is 2.83. The zero-order chi connectivity index (χ0) is 10.8. The van der Waals surface area contributed by atoms with Crippen LogP contribution in [0.25, 0.3) is 0 Å². The van der Waals surface area contributed by atoms with Crippen LogP contribution in [0.4, 0.5) is 5.82 Å². The molecular weight excluding hydrogens is 190 g/mol. The Bertz CT molecular complexity index is 333. The van der Waals surface area contributed by atoms with Crippen LogP contribution in [0.5, 0.6) is 0 Å². The van der Waals surface area contributed by atoms with E-state index in [9.17, 15) is 5.11 Å². The molecule has 1 unspecified atom stereocenters. The maximum absolute atomic E-state index is 9.25. The first-order chi connectivity index (χ1) is 7.20. The normalized spacial score (nSPS) is 21.0. The van der Waals surface area contributed by atoms with E-state index >= 15 is 0 Å². The smallest absolute Gasteiger partial charge is 0.132 e. The maximum atomic E-state index is 9.25. The van der Waals surface area contributed by atoms with E-state index in [1.165, 1.54) is 0 Å². The molecule has 1 saturated heterocycles. The van der Waals surface area contributed by atoms with Crippen LogP contribution >= 0.6 is 0 Å². The van der Waals surface area contributed by atoms with Crippen molar-refractivity contribution < 1.29 is 5.11 Å². The number of hydrogen-bond donors (Lipinski definition) is 1. The SMILES string of the molecule is Cc1cc(N2CCCC2CO)nc(C)n1. The van der Waals surface area contributed by atoms with Gasteiger partial charge in [0.05, 0.1) is 12.6 Å². The molecule has 1 fully saturated rings. The summed E-state index contributed by atoms with van der Waals surface area (Å²) >= 11 is 0. The van der Waals surface area contributed by atoms with Crippen molar-refractivity contribution in [3.05, 3.63) is 17.6 Å². The third-order valence-electron chi connectivity index (χ3n) is 2.83. The highest BCUT2D eigenvalue weighted by molar-refractivity contribution is 5.42. The number of anilines is 1. The summed E-state index contributed by atoms with van der Waals surface area (Å²) < 4.78 is 0. The Balaban J connectivity index is 2.28. The minimum absolute atomic E-state index is 0.210. The summed E-state index contributed by atoms with van der Waals surface area (Å²) in [6, 6.07) is 2.22. The molecule has 1 aromatic rings. The van der Waals surface area contributed by atoms with Crippen molar-refractivity contribution in [1.29, 1.82) is 0 Å². The van der Waals surface area contributed by atoms with Crippen molar-refractivity contribution in [1.82, 2.24) is 9.97 Å². The Morgan fingerprint density at radius 3 is 2.93 bits per heavy atom. The standard InChI is InChI=1S/C11H17N3O/c1-8-6-11(13-9(2)12-8)14-5-3-4-10(14)7-15/h6,10,15H,3-5,7H2,1-2H3. The minimum Gasteiger partial charge on any atom is -0.394 e. The van der Waals surface area contributed by atoms with Gasteiger partial charge in [-0.25, -0.2) is 9.97 Å². The molecule has 0 aromatic carbocycles. The fourth-order valence-electron chi connectivity index (χ4n) is 2.17. The molecule has 1 atom stereocenters. The van der Waals surface area contributed by atoms with Crippen molar-refractivity contribution >= 4 is 5.82 Å². The van der Waals surface area contributed by atoms with Gasteiger partial charge in [-0.3, -0.25) is 0 Å². The molecule has 1 aliphatic heterocycles. The van der Waals surface area contributed by atoms with Crippen LogP contribution in [0.15, 0.2) is 6.07 Å². The number of aryl methyl sites for hydroxylation is 2. The summed E-state index contributed by atoms with van der Waals surface area (Å²) in [4.78, 5) is 10.9. The van der Waals surface area contributed by atoms with Crippen LogP contribution in [0.3, 0.4) is 0 Å². The number of rotatable bonds is 2. The van der Waals surface area contributed by atoms with E-state index in [0.717, 1.165) is 36.7 Å². The van der Waals surface area contributed by atoms with Gasteiger partial charge >= 0.3 is 0 Å². The summed E-state index contributed by atoms with van der Waals surface area (Å²) in [5, 5.41) is 9.25. The van der Waals surface area contributed by atoms with Crippen molar-refractivity contribution in [2.75, 3.05) is 18.1 Å². The summed E-state index contributed by atoms with van der Waals surface area (Å²) in [5.74, 6) is 1.75. The summed E-state index contributed by atoms with van der Waals surface area (Å²) in [6.07, 6.45) is 2.19. The van der Waals surface area contributed by atoms with Gasteiger partial charge in [0.25, 0.3) is 0 Å². The molecule has 0 amide bonds. The van der Waals surface area contributed by atoms with Crippen molar-refractivity contribution in [3.63, 3.8) is 0 Å². The average molecular weight is 207 g/mol. The summed E-state index contributed by atoms with van der Waals surface area (Å²) in [5.41, 5.74) is 0.987. The van der Waals surface area contributed by atoms with E-state index in [4.69, 9.17) is 0 Å². The van der Waals surface area contributed by atoms with E-state index < -0.39 is 0 Å². The molecule has 0 bridgehead atoms. The van der Waals surface area contributed by atoms with Gasteiger partial charge in [-0.05, 0) is 26.7 Å². The number of aliphatic hydroxyl groups excluding tert-OH is 1. The molecule has 4 nitrogen and oxygen atoms in total. The second-order valence-electron chi connectivity index (χ2n) is 4.09. The Labute approximate surface area is 90.0 Å². The molecule has 0 radical (unpaired) electrons. The number of aromatic nitrogens is 2. The van der Waals surface area contributed by atoms with Gasteiger partial charge in [0.1, 0.15) is 11.6 Å². The predicted molar refractivity (Wildman–Crippen MR) is 59.0 cm³/mol. The van der Waals surface area contributed by atoms with Gasteiger partial charge in [-0.2, -0.15) is 0 Å². The molecule has 1 aromatic heterocycles. The highest BCUT2D eigenvalue weighted by atomic mass is 16.3. The molecule has 1 aliphatic rings. The minimum atomic E-state index is 0.210. The molecule has 82 valence electrons. The van der Waals surface area contributed by atoms with Gasteiger partial charge in [0.2, 0.25) is 0 Å². The molecule has 1 N–H and O–H groups in total. The monoisotopic (exact) mass is 207 g/mol. The lowest BCUT2D eigenvalue weighted by molar-refractivity contribution is 0.266. The summed E-state index contributed by atoms with van der Waals surface area (Å²) in [7, 11) is 0. The largest absolute Gasteiger partial charge is 0.394 e. The highest BCUT2D eigenvalue weighted by Gasteiger charge is 2.25. The van der Waals surface area contributed by atoms with Crippen LogP contribution in [0.2, 0.25) is 0 Å².